The molecule has 3 rings (SSSR count). The van der Waals surface area contributed by atoms with E-state index in [4.69, 9.17) is 0 Å². The summed E-state index contributed by atoms with van der Waals surface area (Å²) in [5.74, 6) is 0.00128. The summed E-state index contributed by atoms with van der Waals surface area (Å²) in [7, 11) is 0. The molecule has 3 nitrogen and oxygen atoms in total. The monoisotopic (exact) mass is 344 g/mol. The fourth-order valence-electron chi connectivity index (χ4n) is 2.66. The van der Waals surface area contributed by atoms with Gasteiger partial charge in [0.05, 0.1) is 0 Å². The second-order valence-electron chi connectivity index (χ2n) is 5.79. The molecule has 1 aliphatic heterocycles. The second kappa shape index (κ2) is 5.28. The molecule has 0 saturated carbocycles. The van der Waals surface area contributed by atoms with Gasteiger partial charge in [-0.3, -0.25) is 10.1 Å². The van der Waals surface area contributed by atoms with Crippen LogP contribution in [-0.2, 0) is 10.3 Å². The van der Waals surface area contributed by atoms with Crippen LogP contribution < -0.4 is 10.6 Å². The fourth-order valence-corrected chi connectivity index (χ4v) is 2.93. The molecule has 0 aliphatic carbocycles. The molecule has 0 saturated heterocycles. The Morgan fingerprint density at radius 1 is 1.10 bits per heavy atom. The van der Waals surface area contributed by atoms with Gasteiger partial charge in [-0.05, 0) is 37.6 Å². The van der Waals surface area contributed by atoms with E-state index in [1.54, 1.807) is 0 Å². The Hall–Kier alpha value is -1.65. The predicted octanol–water partition coefficient (Wildman–Crippen LogP) is 3.97. The number of para-hydroxylation sites is 1. The average Bonchev–Trinajstić information content (AvgIpc) is 2.75. The molecular formula is C17H17BrN2O. The minimum absolute atomic E-state index is 0.00128. The van der Waals surface area contributed by atoms with E-state index in [0.717, 1.165) is 21.3 Å². The van der Waals surface area contributed by atoms with Crippen molar-refractivity contribution in [2.45, 2.75) is 25.4 Å². The van der Waals surface area contributed by atoms with Crippen molar-refractivity contribution in [3.05, 3.63) is 64.1 Å². The van der Waals surface area contributed by atoms with Gasteiger partial charge in [0.25, 0.3) is 0 Å². The summed E-state index contributed by atoms with van der Waals surface area (Å²) in [6, 6.07) is 15.7. The average molecular weight is 345 g/mol. The lowest BCUT2D eigenvalue weighted by atomic mass is 9.92. The topological polar surface area (TPSA) is 41.1 Å². The van der Waals surface area contributed by atoms with E-state index < -0.39 is 0 Å². The molecule has 0 fully saturated rings. The van der Waals surface area contributed by atoms with Gasteiger partial charge in [-0.2, -0.15) is 0 Å². The van der Waals surface area contributed by atoms with Gasteiger partial charge in [0.15, 0.2) is 0 Å². The summed E-state index contributed by atoms with van der Waals surface area (Å²) >= 11 is 3.45. The van der Waals surface area contributed by atoms with Crippen molar-refractivity contribution in [1.29, 1.82) is 0 Å². The molecule has 1 aliphatic rings. The van der Waals surface area contributed by atoms with Crippen LogP contribution in [0.25, 0.3) is 0 Å². The van der Waals surface area contributed by atoms with E-state index in [-0.39, 0.29) is 17.5 Å². The standard InChI is InChI=1S/C17H17BrN2O/c1-17(2,11-7-9-12(18)10-8-11)20-15-13-5-3-4-6-14(13)19-16(15)21/h3-10,15,20H,1-2H3,(H,19,21). The molecule has 0 spiro atoms. The van der Waals surface area contributed by atoms with Crippen LogP contribution in [0.1, 0.15) is 31.0 Å². The van der Waals surface area contributed by atoms with Gasteiger partial charge in [-0.1, -0.05) is 46.3 Å². The largest absolute Gasteiger partial charge is 0.324 e. The van der Waals surface area contributed by atoms with Crippen molar-refractivity contribution in [3.63, 3.8) is 0 Å². The van der Waals surface area contributed by atoms with E-state index in [9.17, 15) is 4.79 Å². The zero-order valence-corrected chi connectivity index (χ0v) is 13.6. The number of benzene rings is 2. The zero-order valence-electron chi connectivity index (χ0n) is 12.0. The fraction of sp³-hybridized carbons (Fsp3) is 0.235. The number of carbonyl (C=O) groups excluding carboxylic acids is 1. The highest BCUT2D eigenvalue weighted by Crippen LogP contribution is 2.34. The molecule has 2 N–H and O–H groups in total. The van der Waals surface area contributed by atoms with E-state index in [0.29, 0.717) is 0 Å². The molecule has 2 aromatic rings. The van der Waals surface area contributed by atoms with Crippen LogP contribution in [0.3, 0.4) is 0 Å². The Kier molecular flexibility index (Phi) is 3.59. The third kappa shape index (κ3) is 2.74. The maximum absolute atomic E-state index is 12.2. The SMILES string of the molecule is CC(C)(NC1C(=O)Nc2ccccc21)c1ccc(Br)cc1. The van der Waals surface area contributed by atoms with Crippen molar-refractivity contribution >= 4 is 27.5 Å². The van der Waals surface area contributed by atoms with Crippen molar-refractivity contribution < 1.29 is 4.79 Å². The number of rotatable bonds is 3. The Labute approximate surface area is 132 Å². The van der Waals surface area contributed by atoms with Gasteiger partial charge in [0.2, 0.25) is 5.91 Å². The molecule has 21 heavy (non-hydrogen) atoms. The summed E-state index contributed by atoms with van der Waals surface area (Å²) in [6.45, 7) is 4.18. The van der Waals surface area contributed by atoms with Crippen LogP contribution in [0.2, 0.25) is 0 Å². The maximum atomic E-state index is 12.2. The summed E-state index contributed by atoms with van der Waals surface area (Å²) in [6.07, 6.45) is 0. The quantitative estimate of drug-likeness (QED) is 0.884. The van der Waals surface area contributed by atoms with Crippen molar-refractivity contribution in [3.8, 4) is 0 Å². The lowest BCUT2D eigenvalue weighted by Gasteiger charge is -2.30. The molecule has 1 unspecified atom stereocenters. The lowest BCUT2D eigenvalue weighted by molar-refractivity contribution is -0.118. The maximum Gasteiger partial charge on any atom is 0.246 e. The number of anilines is 1. The molecule has 4 heteroatoms. The Morgan fingerprint density at radius 3 is 2.48 bits per heavy atom. The number of halogens is 1. The van der Waals surface area contributed by atoms with E-state index in [2.05, 4.69) is 52.5 Å². The highest BCUT2D eigenvalue weighted by Gasteiger charge is 2.34. The van der Waals surface area contributed by atoms with E-state index in [1.165, 1.54) is 0 Å². The van der Waals surface area contributed by atoms with Crippen molar-refractivity contribution in [1.82, 2.24) is 5.32 Å². The molecule has 1 amide bonds. The normalized spacial score (nSPS) is 17.5. The van der Waals surface area contributed by atoms with Gasteiger partial charge in [0.1, 0.15) is 6.04 Å². The Morgan fingerprint density at radius 2 is 1.76 bits per heavy atom. The van der Waals surface area contributed by atoms with Gasteiger partial charge < -0.3 is 5.32 Å². The second-order valence-corrected chi connectivity index (χ2v) is 6.70. The minimum atomic E-state index is -0.320. The third-order valence-corrected chi connectivity index (χ3v) is 4.39. The van der Waals surface area contributed by atoms with Gasteiger partial charge >= 0.3 is 0 Å². The van der Waals surface area contributed by atoms with Crippen LogP contribution in [0.4, 0.5) is 5.69 Å². The molecule has 1 heterocycles. The van der Waals surface area contributed by atoms with Gasteiger partial charge in [-0.15, -0.1) is 0 Å². The summed E-state index contributed by atoms with van der Waals surface area (Å²) in [5, 5.41) is 6.39. The smallest absolute Gasteiger partial charge is 0.246 e. The zero-order chi connectivity index (χ0) is 15.0. The number of amides is 1. The first kappa shape index (κ1) is 14.3. The highest BCUT2D eigenvalue weighted by atomic mass is 79.9. The Balaban J connectivity index is 1.89. The summed E-state index contributed by atoms with van der Waals surface area (Å²) in [5.41, 5.74) is 2.74. The van der Waals surface area contributed by atoms with Crippen LogP contribution in [0.15, 0.2) is 53.0 Å². The van der Waals surface area contributed by atoms with E-state index in [1.807, 2.05) is 36.4 Å². The molecule has 0 bridgehead atoms. The highest BCUT2D eigenvalue weighted by molar-refractivity contribution is 9.10. The molecule has 1 atom stereocenters. The number of hydrogen-bond acceptors (Lipinski definition) is 2. The first-order valence-electron chi connectivity index (χ1n) is 6.91. The lowest BCUT2D eigenvalue weighted by Crippen LogP contribution is -2.41. The minimum Gasteiger partial charge on any atom is -0.324 e. The van der Waals surface area contributed by atoms with Gasteiger partial charge in [0, 0.05) is 21.3 Å². The summed E-state index contributed by atoms with van der Waals surface area (Å²) < 4.78 is 1.05. The van der Waals surface area contributed by atoms with Crippen LogP contribution in [0, 0.1) is 0 Å². The first-order valence-corrected chi connectivity index (χ1v) is 7.70. The van der Waals surface area contributed by atoms with E-state index >= 15 is 0 Å². The number of fused-ring (bicyclic) bond motifs is 1. The molecule has 108 valence electrons. The molecular weight excluding hydrogens is 328 g/mol. The van der Waals surface area contributed by atoms with Gasteiger partial charge in [-0.25, -0.2) is 0 Å². The number of nitrogens with one attached hydrogen (secondary N) is 2. The molecule has 0 aromatic heterocycles. The van der Waals surface area contributed by atoms with Crippen molar-refractivity contribution in [2.75, 3.05) is 5.32 Å². The van der Waals surface area contributed by atoms with Crippen molar-refractivity contribution in [2.24, 2.45) is 0 Å². The van der Waals surface area contributed by atoms with Crippen LogP contribution in [0.5, 0.6) is 0 Å². The summed E-state index contributed by atoms with van der Waals surface area (Å²) in [4.78, 5) is 12.2. The molecule has 2 aromatic carbocycles. The third-order valence-electron chi connectivity index (χ3n) is 3.86. The number of hydrogen-bond donors (Lipinski definition) is 2. The number of carbonyl (C=O) groups is 1. The first-order chi connectivity index (χ1) is 9.97. The molecule has 0 radical (unpaired) electrons. The predicted molar refractivity (Wildman–Crippen MR) is 88.1 cm³/mol. The Bertz CT molecular complexity index is 679. The van der Waals surface area contributed by atoms with Crippen LogP contribution in [-0.4, -0.2) is 5.91 Å². The van der Waals surface area contributed by atoms with Crippen LogP contribution >= 0.6 is 15.9 Å².